The largest absolute Gasteiger partial charge is 0.477 e. The molecule has 0 spiro atoms. The maximum absolute atomic E-state index is 12.3. The number of benzene rings is 1. The number of Topliss-reactive ketones (excluding diaryl/α,β-unsaturated/α-hetero) is 1. The molecule has 2 atom stereocenters. The molecule has 0 amide bonds. The van der Waals surface area contributed by atoms with Gasteiger partial charge in [0.25, 0.3) is 5.56 Å². The highest BCUT2D eigenvalue weighted by Crippen LogP contribution is 2.17. The fourth-order valence-corrected chi connectivity index (χ4v) is 2.35. The Balaban J connectivity index is 2.47. The predicted molar refractivity (Wildman–Crippen MR) is 89.3 cm³/mol. The van der Waals surface area contributed by atoms with Gasteiger partial charge in [0, 0.05) is 6.92 Å². The Kier molecular flexibility index (Phi) is 4.86. The van der Waals surface area contributed by atoms with E-state index < -0.39 is 17.8 Å². The number of rotatable bonds is 4. The summed E-state index contributed by atoms with van der Waals surface area (Å²) in [5, 5.41) is 9.94. The van der Waals surface area contributed by atoms with Crippen molar-refractivity contribution in [3.63, 3.8) is 0 Å². The van der Waals surface area contributed by atoms with E-state index in [1.54, 1.807) is 19.1 Å². The third kappa shape index (κ3) is 3.60. The molecule has 2 rings (SSSR count). The van der Waals surface area contributed by atoms with Crippen molar-refractivity contribution in [3.8, 4) is 6.07 Å². The predicted octanol–water partition coefficient (Wildman–Crippen LogP) is 2.16. The van der Waals surface area contributed by atoms with Crippen LogP contribution in [-0.2, 0) is 9.53 Å². The highest BCUT2D eigenvalue weighted by atomic mass is 32.1. The lowest BCUT2D eigenvalue weighted by Gasteiger charge is -2.15. The summed E-state index contributed by atoms with van der Waals surface area (Å²) >= 11 is 4.80. The topological polar surface area (TPSA) is 95.8 Å². The van der Waals surface area contributed by atoms with Crippen LogP contribution >= 0.6 is 12.2 Å². The minimum absolute atomic E-state index is 0.0105. The van der Waals surface area contributed by atoms with E-state index in [1.165, 1.54) is 6.92 Å². The lowest BCUT2D eigenvalue weighted by atomic mass is 10.0. The van der Waals surface area contributed by atoms with Crippen molar-refractivity contribution < 1.29 is 9.53 Å². The first kappa shape index (κ1) is 16.8. The number of hydrogen-bond acceptors (Lipinski definition) is 6. The lowest BCUT2D eigenvalue weighted by Crippen LogP contribution is -2.29. The van der Waals surface area contributed by atoms with Crippen molar-refractivity contribution in [2.24, 2.45) is 0 Å². The highest BCUT2D eigenvalue weighted by Gasteiger charge is 2.29. The van der Waals surface area contributed by atoms with E-state index in [0.717, 1.165) is 5.56 Å². The van der Waals surface area contributed by atoms with Crippen molar-refractivity contribution in [2.75, 3.05) is 0 Å². The summed E-state index contributed by atoms with van der Waals surface area (Å²) in [4.78, 5) is 31.3. The number of nitrogens with zero attached hydrogens (tertiary/aromatic N) is 2. The van der Waals surface area contributed by atoms with Gasteiger partial charge in [-0.2, -0.15) is 5.26 Å². The molecule has 0 saturated heterocycles. The Morgan fingerprint density at radius 1 is 1.48 bits per heavy atom. The summed E-state index contributed by atoms with van der Waals surface area (Å²) in [7, 11) is 0. The van der Waals surface area contributed by atoms with Crippen LogP contribution in [-0.4, -0.2) is 26.9 Å². The number of aromatic amines is 1. The monoisotopic (exact) mass is 329 g/mol. The van der Waals surface area contributed by atoms with Gasteiger partial charge >= 0.3 is 0 Å². The molecule has 0 bridgehead atoms. The number of ether oxygens (including phenoxy) is 1. The zero-order valence-corrected chi connectivity index (χ0v) is 13.7. The van der Waals surface area contributed by atoms with E-state index in [9.17, 15) is 14.9 Å². The number of carbonyl (C=O) groups excluding carboxylic acids is 1. The molecule has 1 N–H and O–H groups in total. The Labute approximate surface area is 138 Å². The molecule has 23 heavy (non-hydrogen) atoms. The fourth-order valence-electron chi connectivity index (χ4n) is 2.21. The molecule has 2 unspecified atom stereocenters. The van der Waals surface area contributed by atoms with Crippen LogP contribution < -0.4 is 5.56 Å². The first-order valence-electron chi connectivity index (χ1n) is 6.94. The molecule has 1 aromatic carbocycles. The molecule has 1 aromatic heterocycles. The second-order valence-corrected chi connectivity index (χ2v) is 5.76. The fraction of sp³-hybridized carbons (Fsp3) is 0.312. The molecule has 0 aliphatic heterocycles. The van der Waals surface area contributed by atoms with Crippen molar-refractivity contribution in [1.29, 1.82) is 5.26 Å². The van der Waals surface area contributed by atoms with E-state index in [2.05, 4.69) is 9.97 Å². The Hall–Kier alpha value is -2.59. The van der Waals surface area contributed by atoms with E-state index in [4.69, 9.17) is 17.0 Å². The summed E-state index contributed by atoms with van der Waals surface area (Å²) in [5.41, 5.74) is 0.965. The van der Waals surface area contributed by atoms with Gasteiger partial charge in [-0.05, 0) is 38.2 Å². The summed E-state index contributed by atoms with van der Waals surface area (Å²) < 4.78 is 5.16. The molecule has 0 radical (unpaired) electrons. The maximum atomic E-state index is 12.3. The van der Waals surface area contributed by atoms with Crippen LogP contribution in [0.25, 0.3) is 10.9 Å². The van der Waals surface area contributed by atoms with Gasteiger partial charge in [0.15, 0.2) is 22.9 Å². The second kappa shape index (κ2) is 6.67. The highest BCUT2D eigenvalue weighted by molar-refractivity contribution is 7.80. The standard InChI is InChI=1S/C16H15N3O3S/c1-8-4-5-13-11(6-8)16(21)19-15(18-13)12(7-17)14(20)9(2)22-10(3)23/h4-6,9,12H,1-3H3,(H,18,19,21). The number of carbonyl (C=O) groups is 1. The molecular weight excluding hydrogens is 314 g/mol. The van der Waals surface area contributed by atoms with Gasteiger partial charge in [-0.3, -0.25) is 9.59 Å². The minimum Gasteiger partial charge on any atom is -0.477 e. The van der Waals surface area contributed by atoms with E-state index >= 15 is 0 Å². The van der Waals surface area contributed by atoms with Crippen molar-refractivity contribution in [3.05, 3.63) is 39.9 Å². The van der Waals surface area contributed by atoms with Gasteiger partial charge in [-0.25, -0.2) is 4.98 Å². The van der Waals surface area contributed by atoms with Crippen molar-refractivity contribution >= 4 is 34.0 Å². The van der Waals surface area contributed by atoms with Crippen LogP contribution in [0.4, 0.5) is 0 Å². The number of ketones is 1. The molecule has 7 heteroatoms. The number of nitriles is 1. The lowest BCUT2D eigenvalue weighted by molar-refractivity contribution is -0.125. The number of thiocarbonyl (C=S) groups is 1. The zero-order valence-electron chi connectivity index (χ0n) is 12.9. The van der Waals surface area contributed by atoms with Crippen molar-refractivity contribution in [1.82, 2.24) is 9.97 Å². The molecule has 0 aliphatic carbocycles. The summed E-state index contributed by atoms with van der Waals surface area (Å²) in [6, 6.07) is 7.07. The zero-order chi connectivity index (χ0) is 17.1. The molecule has 6 nitrogen and oxygen atoms in total. The van der Waals surface area contributed by atoms with E-state index in [0.29, 0.717) is 10.9 Å². The first-order valence-corrected chi connectivity index (χ1v) is 7.35. The number of hydrogen-bond donors (Lipinski definition) is 1. The van der Waals surface area contributed by atoms with Gasteiger partial charge in [-0.15, -0.1) is 0 Å². The van der Waals surface area contributed by atoms with Crippen molar-refractivity contribution in [2.45, 2.75) is 32.8 Å². The van der Waals surface area contributed by atoms with E-state index in [1.807, 2.05) is 19.1 Å². The second-order valence-electron chi connectivity index (χ2n) is 5.19. The summed E-state index contributed by atoms with van der Waals surface area (Å²) in [5.74, 6) is -1.72. The normalized spacial score (nSPS) is 13.1. The number of aryl methyl sites for hydroxylation is 1. The molecule has 0 saturated carbocycles. The molecule has 2 aromatic rings. The summed E-state index contributed by atoms with van der Waals surface area (Å²) in [6.45, 7) is 4.91. The third-order valence-electron chi connectivity index (χ3n) is 3.31. The average Bonchev–Trinajstić information content (AvgIpc) is 2.48. The molecule has 1 heterocycles. The number of nitrogens with one attached hydrogen (secondary N) is 1. The minimum atomic E-state index is -1.22. The third-order valence-corrected chi connectivity index (χ3v) is 3.41. The van der Waals surface area contributed by atoms with Gasteiger partial charge < -0.3 is 9.72 Å². The van der Waals surface area contributed by atoms with Crippen LogP contribution in [0.5, 0.6) is 0 Å². The van der Waals surface area contributed by atoms with Crippen LogP contribution in [0.3, 0.4) is 0 Å². The molecule has 0 aliphatic rings. The van der Waals surface area contributed by atoms with Gasteiger partial charge in [-0.1, -0.05) is 11.6 Å². The number of aromatic nitrogens is 2. The summed E-state index contributed by atoms with van der Waals surface area (Å²) in [6.07, 6.45) is -0.892. The van der Waals surface area contributed by atoms with Gasteiger partial charge in [0.2, 0.25) is 0 Å². The first-order chi connectivity index (χ1) is 10.8. The molecule has 118 valence electrons. The van der Waals surface area contributed by atoms with Crippen LogP contribution in [0.2, 0.25) is 0 Å². The molecule has 0 fully saturated rings. The maximum Gasteiger partial charge on any atom is 0.258 e. The van der Waals surface area contributed by atoms with Gasteiger partial charge in [0.05, 0.1) is 17.0 Å². The number of fused-ring (bicyclic) bond motifs is 1. The SMILES string of the molecule is CC(=S)OC(C)C(=O)C(C#N)c1nc2ccc(C)cc2c(=O)[nH]1. The Morgan fingerprint density at radius 2 is 2.17 bits per heavy atom. The Morgan fingerprint density at radius 3 is 2.78 bits per heavy atom. The Bertz CT molecular complexity index is 882. The molecular formula is C16H15N3O3S. The smallest absolute Gasteiger partial charge is 0.258 e. The van der Waals surface area contributed by atoms with E-state index in [-0.39, 0.29) is 16.4 Å². The van der Waals surface area contributed by atoms with Crippen LogP contribution in [0.1, 0.15) is 31.2 Å². The van der Waals surface area contributed by atoms with Gasteiger partial charge in [0.1, 0.15) is 5.82 Å². The quantitative estimate of drug-likeness (QED) is 0.864. The number of H-pyrrole nitrogens is 1. The average molecular weight is 329 g/mol. The van der Waals surface area contributed by atoms with Crippen LogP contribution in [0.15, 0.2) is 23.0 Å². The van der Waals surface area contributed by atoms with Crippen LogP contribution in [0, 0.1) is 18.3 Å².